The van der Waals surface area contributed by atoms with E-state index in [1.807, 2.05) is 0 Å². The Hall–Kier alpha value is -1.32. The van der Waals surface area contributed by atoms with Crippen molar-refractivity contribution in [3.8, 4) is 0 Å². The molecular weight excluding hydrogens is 132 g/mol. The van der Waals surface area contributed by atoms with Crippen LogP contribution < -0.4 is 0 Å². The number of carbonyl (C=O) groups excluding carboxylic acids is 1. The van der Waals surface area contributed by atoms with E-state index in [9.17, 15) is 4.79 Å². The predicted molar refractivity (Wildman–Crippen MR) is 33.1 cm³/mol. The van der Waals surface area contributed by atoms with Crippen LogP contribution in [0.1, 0.15) is 0 Å². The molecule has 4 heteroatoms. The standard InChI is InChI=1S/C6H7N2O2/c1-10-6(9)5-8-4-2-3-7-8/h3-4H,5H2,1H3. The summed E-state index contributed by atoms with van der Waals surface area (Å²) >= 11 is 0. The number of hydrogen-bond acceptors (Lipinski definition) is 3. The van der Waals surface area contributed by atoms with Gasteiger partial charge in [0.05, 0.1) is 13.3 Å². The van der Waals surface area contributed by atoms with E-state index in [0.717, 1.165) is 0 Å². The zero-order chi connectivity index (χ0) is 7.40. The molecule has 1 radical (unpaired) electrons. The normalized spacial score (nSPS) is 9.30. The highest BCUT2D eigenvalue weighted by Gasteiger charge is 1.99. The van der Waals surface area contributed by atoms with E-state index in [4.69, 9.17) is 0 Å². The zero-order valence-corrected chi connectivity index (χ0v) is 5.57. The Morgan fingerprint density at radius 2 is 2.70 bits per heavy atom. The van der Waals surface area contributed by atoms with Gasteiger partial charge < -0.3 is 4.74 Å². The highest BCUT2D eigenvalue weighted by Crippen LogP contribution is 1.84. The molecule has 1 rings (SSSR count). The van der Waals surface area contributed by atoms with Gasteiger partial charge in [-0.15, -0.1) is 0 Å². The van der Waals surface area contributed by atoms with Crippen molar-refractivity contribution >= 4 is 5.97 Å². The van der Waals surface area contributed by atoms with E-state index in [1.165, 1.54) is 18.0 Å². The summed E-state index contributed by atoms with van der Waals surface area (Å²) < 4.78 is 5.86. The Kier molecular flexibility index (Phi) is 2.04. The van der Waals surface area contributed by atoms with Crippen LogP contribution in [0.4, 0.5) is 0 Å². The molecule has 10 heavy (non-hydrogen) atoms. The molecule has 0 bridgehead atoms. The number of ether oxygens (including phenoxy) is 1. The molecule has 0 aromatic carbocycles. The zero-order valence-electron chi connectivity index (χ0n) is 5.57. The first-order valence-electron chi connectivity index (χ1n) is 2.78. The first-order valence-corrected chi connectivity index (χ1v) is 2.78. The molecule has 4 nitrogen and oxygen atoms in total. The fourth-order valence-corrected chi connectivity index (χ4v) is 0.543. The first-order chi connectivity index (χ1) is 4.83. The van der Waals surface area contributed by atoms with Crippen LogP contribution in [0.5, 0.6) is 0 Å². The monoisotopic (exact) mass is 139 g/mol. The lowest BCUT2D eigenvalue weighted by Crippen LogP contribution is -2.11. The molecule has 0 spiro atoms. The van der Waals surface area contributed by atoms with Crippen molar-refractivity contribution in [2.45, 2.75) is 6.54 Å². The lowest BCUT2D eigenvalue weighted by molar-refractivity contribution is -0.141. The molecule has 0 aliphatic heterocycles. The van der Waals surface area contributed by atoms with Crippen molar-refractivity contribution in [3.63, 3.8) is 0 Å². The Morgan fingerprint density at radius 3 is 3.20 bits per heavy atom. The van der Waals surface area contributed by atoms with Crippen molar-refractivity contribution in [1.29, 1.82) is 0 Å². The van der Waals surface area contributed by atoms with Crippen LogP contribution in [-0.2, 0) is 16.1 Å². The number of aromatic nitrogens is 2. The van der Waals surface area contributed by atoms with E-state index < -0.39 is 0 Å². The molecule has 0 aliphatic carbocycles. The molecule has 53 valence electrons. The number of rotatable bonds is 2. The summed E-state index contributed by atoms with van der Waals surface area (Å²) in [6, 6.07) is 2.70. The summed E-state index contributed by atoms with van der Waals surface area (Å²) in [5, 5.41) is 3.76. The molecule has 0 aliphatic rings. The van der Waals surface area contributed by atoms with Crippen molar-refractivity contribution in [2.24, 2.45) is 0 Å². The average molecular weight is 139 g/mol. The minimum Gasteiger partial charge on any atom is -0.468 e. The lowest BCUT2D eigenvalue weighted by Gasteiger charge is -1.96. The van der Waals surface area contributed by atoms with Gasteiger partial charge in [-0.1, -0.05) is 0 Å². The molecule has 1 heterocycles. The number of carbonyl (C=O) groups is 1. The van der Waals surface area contributed by atoms with Crippen molar-refractivity contribution < 1.29 is 9.53 Å². The minimum absolute atomic E-state index is 0.153. The smallest absolute Gasteiger partial charge is 0.327 e. The van der Waals surface area contributed by atoms with Crippen molar-refractivity contribution in [1.82, 2.24) is 9.78 Å². The third-order valence-corrected chi connectivity index (χ3v) is 1.02. The molecule has 0 atom stereocenters. The van der Waals surface area contributed by atoms with Crippen LogP contribution in [0.2, 0.25) is 0 Å². The Labute approximate surface area is 58.4 Å². The van der Waals surface area contributed by atoms with Crippen molar-refractivity contribution in [2.75, 3.05) is 7.11 Å². The van der Waals surface area contributed by atoms with Gasteiger partial charge in [-0.25, -0.2) is 0 Å². The van der Waals surface area contributed by atoms with Gasteiger partial charge in [-0.05, 0) is 0 Å². The maximum atomic E-state index is 10.6. The predicted octanol–water partition coefficient (Wildman–Crippen LogP) is -0.144. The van der Waals surface area contributed by atoms with E-state index in [2.05, 4.69) is 15.9 Å². The van der Waals surface area contributed by atoms with Crippen LogP contribution >= 0.6 is 0 Å². The van der Waals surface area contributed by atoms with Gasteiger partial charge in [0.2, 0.25) is 0 Å². The quantitative estimate of drug-likeness (QED) is 0.535. The van der Waals surface area contributed by atoms with Gasteiger partial charge >= 0.3 is 5.97 Å². The molecule has 0 N–H and O–H groups in total. The molecule has 1 aromatic heterocycles. The van der Waals surface area contributed by atoms with Crippen LogP contribution in [-0.4, -0.2) is 22.9 Å². The van der Waals surface area contributed by atoms with Gasteiger partial charge in [0.1, 0.15) is 6.54 Å². The molecule has 0 saturated heterocycles. The van der Waals surface area contributed by atoms with E-state index in [1.54, 1.807) is 6.20 Å². The topological polar surface area (TPSA) is 44.1 Å². The Morgan fingerprint density at radius 1 is 1.90 bits per heavy atom. The number of methoxy groups -OCH3 is 1. The number of hydrogen-bond donors (Lipinski definition) is 0. The summed E-state index contributed by atoms with van der Waals surface area (Å²) in [6.45, 7) is 0.153. The highest BCUT2D eigenvalue weighted by molar-refractivity contribution is 5.68. The molecule has 0 fully saturated rings. The maximum absolute atomic E-state index is 10.6. The number of nitrogens with zero attached hydrogens (tertiary/aromatic N) is 2. The third-order valence-electron chi connectivity index (χ3n) is 1.02. The molecule has 0 saturated carbocycles. The summed E-state index contributed by atoms with van der Waals surface area (Å²) in [4.78, 5) is 10.6. The van der Waals surface area contributed by atoms with Gasteiger partial charge in [0, 0.05) is 12.3 Å². The lowest BCUT2D eigenvalue weighted by atomic mass is 10.6. The molecule has 1 aromatic rings. The molecule has 0 unspecified atom stereocenters. The Balaban J connectivity index is 2.48. The molecule has 0 amide bonds. The fourth-order valence-electron chi connectivity index (χ4n) is 0.543. The van der Waals surface area contributed by atoms with Crippen LogP contribution in [0.3, 0.4) is 0 Å². The van der Waals surface area contributed by atoms with Crippen LogP contribution in [0, 0.1) is 6.07 Å². The van der Waals surface area contributed by atoms with Gasteiger partial charge in [-0.2, -0.15) is 5.10 Å². The minimum atomic E-state index is -0.308. The second kappa shape index (κ2) is 3.00. The first kappa shape index (κ1) is 6.80. The number of esters is 1. The van der Waals surface area contributed by atoms with E-state index >= 15 is 0 Å². The fraction of sp³-hybridized carbons (Fsp3) is 0.333. The van der Waals surface area contributed by atoms with Crippen LogP contribution in [0.25, 0.3) is 0 Å². The van der Waals surface area contributed by atoms with Crippen molar-refractivity contribution in [3.05, 3.63) is 18.5 Å². The van der Waals surface area contributed by atoms with E-state index in [0.29, 0.717) is 0 Å². The van der Waals surface area contributed by atoms with E-state index in [-0.39, 0.29) is 12.5 Å². The summed E-state index contributed by atoms with van der Waals surface area (Å²) in [5.74, 6) is -0.308. The second-order valence-corrected chi connectivity index (χ2v) is 1.71. The average Bonchev–Trinajstić information content (AvgIpc) is 2.40. The molecular formula is C6H7N2O2. The SMILES string of the molecule is COC(=O)Cn1c[c]cn1. The largest absolute Gasteiger partial charge is 0.468 e. The van der Waals surface area contributed by atoms with Gasteiger partial charge in [0.25, 0.3) is 0 Å². The highest BCUT2D eigenvalue weighted by atomic mass is 16.5. The third kappa shape index (κ3) is 1.58. The van der Waals surface area contributed by atoms with Gasteiger partial charge in [-0.3, -0.25) is 9.48 Å². The maximum Gasteiger partial charge on any atom is 0.327 e. The van der Waals surface area contributed by atoms with Crippen LogP contribution in [0.15, 0.2) is 12.4 Å². The summed E-state index contributed by atoms with van der Waals surface area (Å²) in [6.07, 6.45) is 3.07. The summed E-state index contributed by atoms with van der Waals surface area (Å²) in [5.41, 5.74) is 0. The summed E-state index contributed by atoms with van der Waals surface area (Å²) in [7, 11) is 1.34. The Bertz CT molecular complexity index is 206. The van der Waals surface area contributed by atoms with Gasteiger partial charge in [0.15, 0.2) is 0 Å². The second-order valence-electron chi connectivity index (χ2n) is 1.71.